The monoisotopic (exact) mass is 479 g/mol. The van der Waals surface area contributed by atoms with Gasteiger partial charge < -0.3 is 19.8 Å². The molecule has 3 aliphatic rings. The van der Waals surface area contributed by atoms with E-state index in [2.05, 4.69) is 36.9 Å². The molecule has 5 rings (SSSR count). The molecule has 3 heterocycles. The Morgan fingerprint density at radius 3 is 2.43 bits per heavy atom. The van der Waals surface area contributed by atoms with Crippen LogP contribution in [0.4, 0.5) is 5.69 Å². The van der Waals surface area contributed by atoms with Gasteiger partial charge in [-0.1, -0.05) is 12.1 Å². The fraction of sp³-hybridized carbons (Fsp3) is 0.593. The predicted octanol–water partition coefficient (Wildman–Crippen LogP) is 2.50. The van der Waals surface area contributed by atoms with Gasteiger partial charge in [0.2, 0.25) is 5.91 Å². The SMILES string of the molecule is Cc1cccc(N2CCN(C(=O)C(C)n3nc(C(=O)N4CCC(O)CC4)c4c3CCC4)CC2)c1C. The highest BCUT2D eigenvalue weighted by molar-refractivity contribution is 5.94. The summed E-state index contributed by atoms with van der Waals surface area (Å²) < 4.78 is 1.83. The normalized spacial score (nSPS) is 19.7. The third kappa shape index (κ3) is 4.44. The molecule has 1 aliphatic carbocycles. The summed E-state index contributed by atoms with van der Waals surface area (Å²) in [5.74, 6) is 0.0125. The molecule has 8 heteroatoms. The summed E-state index contributed by atoms with van der Waals surface area (Å²) in [6.07, 6.45) is 3.57. The average molecular weight is 480 g/mol. The van der Waals surface area contributed by atoms with E-state index in [0.29, 0.717) is 44.7 Å². The van der Waals surface area contributed by atoms with Crippen molar-refractivity contribution in [2.24, 2.45) is 0 Å². The lowest BCUT2D eigenvalue weighted by Crippen LogP contribution is -2.50. The van der Waals surface area contributed by atoms with Gasteiger partial charge in [-0.2, -0.15) is 5.10 Å². The van der Waals surface area contributed by atoms with Crippen molar-refractivity contribution in [3.05, 3.63) is 46.3 Å². The predicted molar refractivity (Wildman–Crippen MR) is 135 cm³/mol. The second kappa shape index (κ2) is 9.64. The molecule has 1 unspecified atom stereocenters. The van der Waals surface area contributed by atoms with Gasteiger partial charge in [0.15, 0.2) is 5.69 Å². The Bertz CT molecular complexity index is 1110. The molecule has 188 valence electrons. The first-order valence-corrected chi connectivity index (χ1v) is 13.0. The Hall–Kier alpha value is -2.87. The maximum Gasteiger partial charge on any atom is 0.274 e. The highest BCUT2D eigenvalue weighted by atomic mass is 16.3. The van der Waals surface area contributed by atoms with Gasteiger partial charge in [-0.15, -0.1) is 0 Å². The molecule has 2 fully saturated rings. The number of hydrogen-bond donors (Lipinski definition) is 1. The zero-order valence-corrected chi connectivity index (χ0v) is 21.2. The van der Waals surface area contributed by atoms with Crippen LogP contribution in [-0.2, 0) is 17.6 Å². The molecule has 35 heavy (non-hydrogen) atoms. The van der Waals surface area contributed by atoms with Crippen LogP contribution in [-0.4, -0.2) is 81.9 Å². The summed E-state index contributed by atoms with van der Waals surface area (Å²) >= 11 is 0. The van der Waals surface area contributed by atoms with E-state index in [1.54, 1.807) is 4.90 Å². The second-order valence-electron chi connectivity index (χ2n) is 10.3. The average Bonchev–Trinajstić information content (AvgIpc) is 3.48. The molecule has 0 spiro atoms. The largest absolute Gasteiger partial charge is 0.393 e. The number of likely N-dealkylation sites (tertiary alicyclic amines) is 1. The van der Waals surface area contributed by atoms with Crippen LogP contribution in [0.15, 0.2) is 18.2 Å². The van der Waals surface area contributed by atoms with Crippen LogP contribution in [0.5, 0.6) is 0 Å². The van der Waals surface area contributed by atoms with E-state index in [0.717, 1.165) is 43.6 Å². The van der Waals surface area contributed by atoms with Gasteiger partial charge in [0.1, 0.15) is 6.04 Å². The van der Waals surface area contributed by atoms with E-state index < -0.39 is 6.04 Å². The molecular formula is C27H37N5O3. The minimum atomic E-state index is -0.432. The maximum absolute atomic E-state index is 13.5. The van der Waals surface area contributed by atoms with Gasteiger partial charge in [0, 0.05) is 56.2 Å². The number of hydrogen-bond acceptors (Lipinski definition) is 5. The van der Waals surface area contributed by atoms with Crippen molar-refractivity contribution in [2.75, 3.05) is 44.2 Å². The standard InChI is InChI=1S/C27H37N5O3/c1-18-6-4-8-23(19(18)2)29-14-16-31(17-15-29)26(34)20(3)32-24-9-5-7-22(24)25(28-32)27(35)30-12-10-21(33)11-13-30/h4,6,8,20-21,33H,5,7,9-17H2,1-3H3. The number of piperazine rings is 1. The Balaban J connectivity index is 1.29. The number of nitrogens with zero attached hydrogens (tertiary/aromatic N) is 5. The summed E-state index contributed by atoms with van der Waals surface area (Å²) in [4.78, 5) is 32.9. The number of carbonyl (C=O) groups is 2. The van der Waals surface area contributed by atoms with Crippen LogP contribution in [0.25, 0.3) is 0 Å². The molecule has 0 bridgehead atoms. The molecule has 1 aromatic carbocycles. The number of benzene rings is 1. The first-order chi connectivity index (χ1) is 16.8. The van der Waals surface area contributed by atoms with Crippen molar-refractivity contribution in [1.82, 2.24) is 19.6 Å². The van der Waals surface area contributed by atoms with E-state index >= 15 is 0 Å². The quantitative estimate of drug-likeness (QED) is 0.729. The summed E-state index contributed by atoms with van der Waals surface area (Å²) in [6.45, 7) is 10.3. The molecule has 1 N–H and O–H groups in total. The topological polar surface area (TPSA) is 81.9 Å². The smallest absolute Gasteiger partial charge is 0.274 e. The van der Waals surface area contributed by atoms with Crippen LogP contribution in [0.1, 0.15) is 65.1 Å². The molecule has 0 radical (unpaired) electrons. The van der Waals surface area contributed by atoms with E-state index in [1.807, 2.05) is 16.5 Å². The van der Waals surface area contributed by atoms with Crippen LogP contribution < -0.4 is 4.90 Å². The number of rotatable bonds is 4. The second-order valence-corrected chi connectivity index (χ2v) is 10.3. The molecule has 2 aliphatic heterocycles. The first kappa shape index (κ1) is 23.9. The first-order valence-electron chi connectivity index (χ1n) is 13.0. The van der Waals surface area contributed by atoms with Crippen molar-refractivity contribution < 1.29 is 14.7 Å². The van der Waals surface area contributed by atoms with E-state index in [-0.39, 0.29) is 17.9 Å². The van der Waals surface area contributed by atoms with E-state index in [1.165, 1.54) is 16.8 Å². The van der Waals surface area contributed by atoms with Crippen molar-refractivity contribution in [3.8, 4) is 0 Å². The lowest BCUT2D eigenvalue weighted by Gasteiger charge is -2.38. The Labute approximate surface area is 207 Å². The Morgan fingerprint density at radius 2 is 1.71 bits per heavy atom. The van der Waals surface area contributed by atoms with Crippen LogP contribution in [0.3, 0.4) is 0 Å². The number of carbonyl (C=O) groups excluding carboxylic acids is 2. The highest BCUT2D eigenvalue weighted by Gasteiger charge is 2.34. The number of aliphatic hydroxyl groups is 1. The van der Waals surface area contributed by atoms with Crippen LogP contribution in [0, 0.1) is 13.8 Å². The third-order valence-corrected chi connectivity index (χ3v) is 8.15. The minimum absolute atomic E-state index is 0.0596. The fourth-order valence-electron chi connectivity index (χ4n) is 5.79. The number of anilines is 1. The van der Waals surface area contributed by atoms with E-state index in [4.69, 9.17) is 5.10 Å². The zero-order valence-electron chi connectivity index (χ0n) is 21.2. The van der Waals surface area contributed by atoms with Crippen molar-refractivity contribution in [3.63, 3.8) is 0 Å². The van der Waals surface area contributed by atoms with Crippen molar-refractivity contribution >= 4 is 17.5 Å². The van der Waals surface area contributed by atoms with Gasteiger partial charge >= 0.3 is 0 Å². The van der Waals surface area contributed by atoms with Gasteiger partial charge in [0.05, 0.1) is 6.10 Å². The Morgan fingerprint density at radius 1 is 1.00 bits per heavy atom. The van der Waals surface area contributed by atoms with Gasteiger partial charge in [-0.05, 0) is 70.1 Å². The number of aromatic nitrogens is 2. The van der Waals surface area contributed by atoms with Gasteiger partial charge in [-0.25, -0.2) is 0 Å². The zero-order chi connectivity index (χ0) is 24.7. The molecular weight excluding hydrogens is 442 g/mol. The summed E-state index contributed by atoms with van der Waals surface area (Å²) in [5.41, 5.74) is 6.40. The summed E-state index contributed by atoms with van der Waals surface area (Å²) in [7, 11) is 0. The molecule has 2 aromatic rings. The molecule has 2 saturated heterocycles. The van der Waals surface area contributed by atoms with E-state index in [9.17, 15) is 14.7 Å². The highest BCUT2D eigenvalue weighted by Crippen LogP contribution is 2.30. The third-order valence-electron chi connectivity index (χ3n) is 8.15. The Kier molecular flexibility index (Phi) is 6.57. The molecule has 0 saturated carbocycles. The van der Waals surface area contributed by atoms with Crippen LogP contribution >= 0.6 is 0 Å². The summed E-state index contributed by atoms with van der Waals surface area (Å²) in [6, 6.07) is 5.97. The lowest BCUT2D eigenvalue weighted by molar-refractivity contribution is -0.134. The van der Waals surface area contributed by atoms with Crippen LogP contribution in [0.2, 0.25) is 0 Å². The number of amides is 2. The van der Waals surface area contributed by atoms with Crippen molar-refractivity contribution in [2.45, 2.75) is 65.0 Å². The number of aliphatic hydroxyl groups excluding tert-OH is 1. The molecule has 8 nitrogen and oxygen atoms in total. The fourth-order valence-corrected chi connectivity index (χ4v) is 5.79. The molecule has 1 aromatic heterocycles. The number of fused-ring (bicyclic) bond motifs is 1. The minimum Gasteiger partial charge on any atom is -0.393 e. The summed E-state index contributed by atoms with van der Waals surface area (Å²) in [5, 5.41) is 14.5. The molecule has 2 amide bonds. The maximum atomic E-state index is 13.5. The molecule has 1 atom stereocenters. The van der Waals surface area contributed by atoms with Gasteiger partial charge in [-0.3, -0.25) is 14.3 Å². The number of piperidine rings is 1. The van der Waals surface area contributed by atoms with Gasteiger partial charge in [0.25, 0.3) is 5.91 Å². The van der Waals surface area contributed by atoms with Crippen molar-refractivity contribution in [1.29, 1.82) is 0 Å². The lowest BCUT2D eigenvalue weighted by atomic mass is 10.1. The number of aryl methyl sites for hydroxylation is 1.